The summed E-state index contributed by atoms with van der Waals surface area (Å²) >= 11 is 0. The number of anilines is 1. The molecule has 0 bridgehead atoms. The molecule has 7 nitrogen and oxygen atoms in total. The van der Waals surface area contributed by atoms with Crippen LogP contribution in [0.3, 0.4) is 0 Å². The molecule has 0 atom stereocenters. The molecule has 0 saturated heterocycles. The van der Waals surface area contributed by atoms with Gasteiger partial charge in [0, 0.05) is 29.8 Å². The van der Waals surface area contributed by atoms with Crippen LogP contribution < -0.4 is 10.7 Å². The average molecular weight is 385 g/mol. The molecule has 2 heterocycles. The molecule has 0 spiro atoms. The number of amides is 1. The van der Waals surface area contributed by atoms with E-state index in [2.05, 4.69) is 15.5 Å². The number of nitrogens with one attached hydrogen (secondary N) is 1. The van der Waals surface area contributed by atoms with Gasteiger partial charge in [0.1, 0.15) is 0 Å². The Balaban J connectivity index is 1.60. The fraction of sp³-hybridized carbons (Fsp3) is 0.0909. The van der Waals surface area contributed by atoms with E-state index in [1.165, 1.54) is 6.07 Å². The summed E-state index contributed by atoms with van der Waals surface area (Å²) in [6.07, 6.45) is 3.58. The Labute approximate surface area is 167 Å². The van der Waals surface area contributed by atoms with E-state index in [-0.39, 0.29) is 5.69 Å². The second-order valence-electron chi connectivity index (χ2n) is 6.60. The second kappa shape index (κ2) is 7.93. The van der Waals surface area contributed by atoms with Crippen LogP contribution in [0.5, 0.6) is 0 Å². The van der Waals surface area contributed by atoms with E-state index in [9.17, 15) is 9.59 Å². The third-order valence-electron chi connectivity index (χ3n) is 4.41. The summed E-state index contributed by atoms with van der Waals surface area (Å²) in [6.45, 7) is 2.36. The first-order valence-electron chi connectivity index (χ1n) is 9.14. The van der Waals surface area contributed by atoms with Crippen LogP contribution in [0.1, 0.15) is 21.7 Å². The Hall–Kier alpha value is -4.00. The smallest absolute Gasteiger partial charge is 0.280 e. The topological polar surface area (TPSA) is 81.8 Å². The lowest BCUT2D eigenvalue weighted by atomic mass is 10.2. The van der Waals surface area contributed by atoms with E-state index >= 15 is 0 Å². The van der Waals surface area contributed by atoms with Crippen LogP contribution in [0.15, 0.2) is 83.9 Å². The molecule has 0 aliphatic rings. The standard InChI is InChI=1S/C22H19N5O2/c1-16-13-20(28)21(25-27(16)19-9-3-2-4-10-19)22(29)24-18-8-5-7-17(14-18)15-26-12-6-11-23-26/h2-14H,15H2,1H3,(H,24,29). The molecular formula is C22H19N5O2. The van der Waals surface area contributed by atoms with Crippen molar-refractivity contribution in [2.75, 3.05) is 5.32 Å². The van der Waals surface area contributed by atoms with E-state index in [0.717, 1.165) is 11.3 Å². The number of carbonyl (C=O) groups excluding carboxylic acids is 1. The van der Waals surface area contributed by atoms with Gasteiger partial charge in [-0.1, -0.05) is 30.3 Å². The zero-order valence-corrected chi connectivity index (χ0v) is 15.8. The van der Waals surface area contributed by atoms with Crippen molar-refractivity contribution in [2.45, 2.75) is 13.5 Å². The highest BCUT2D eigenvalue weighted by atomic mass is 16.2. The third kappa shape index (κ3) is 4.14. The summed E-state index contributed by atoms with van der Waals surface area (Å²) in [6, 6.07) is 20.1. The molecule has 1 amide bonds. The highest BCUT2D eigenvalue weighted by Crippen LogP contribution is 2.13. The monoisotopic (exact) mass is 385 g/mol. The lowest BCUT2D eigenvalue weighted by Gasteiger charge is -2.11. The highest BCUT2D eigenvalue weighted by Gasteiger charge is 2.15. The summed E-state index contributed by atoms with van der Waals surface area (Å²) in [4.78, 5) is 25.1. The van der Waals surface area contributed by atoms with Gasteiger partial charge in [0.25, 0.3) is 5.91 Å². The number of para-hydroxylation sites is 1. The number of aromatic nitrogens is 4. The lowest BCUT2D eigenvalue weighted by Crippen LogP contribution is -2.26. The number of nitrogens with zero attached hydrogens (tertiary/aromatic N) is 4. The molecule has 0 unspecified atom stereocenters. The average Bonchev–Trinajstić information content (AvgIpc) is 3.22. The van der Waals surface area contributed by atoms with Crippen LogP contribution >= 0.6 is 0 Å². The Kier molecular flexibility index (Phi) is 5.03. The molecule has 4 aromatic rings. The van der Waals surface area contributed by atoms with Crippen LogP contribution in [0.4, 0.5) is 5.69 Å². The maximum atomic E-state index is 12.8. The van der Waals surface area contributed by atoms with E-state index in [1.54, 1.807) is 28.6 Å². The van der Waals surface area contributed by atoms with E-state index in [4.69, 9.17) is 0 Å². The number of rotatable bonds is 5. The second-order valence-corrected chi connectivity index (χ2v) is 6.60. The van der Waals surface area contributed by atoms with Gasteiger partial charge >= 0.3 is 0 Å². The Morgan fingerprint density at radius 2 is 1.86 bits per heavy atom. The van der Waals surface area contributed by atoms with Gasteiger partial charge in [-0.2, -0.15) is 10.2 Å². The molecule has 0 fully saturated rings. The lowest BCUT2D eigenvalue weighted by molar-refractivity contribution is 0.101. The molecule has 0 aliphatic heterocycles. The summed E-state index contributed by atoms with van der Waals surface area (Å²) in [5.74, 6) is -0.545. The fourth-order valence-electron chi connectivity index (χ4n) is 3.05. The molecule has 7 heteroatoms. The minimum atomic E-state index is -0.545. The van der Waals surface area contributed by atoms with Gasteiger partial charge in [0.15, 0.2) is 5.69 Å². The first-order chi connectivity index (χ1) is 14.1. The molecule has 29 heavy (non-hydrogen) atoms. The normalized spacial score (nSPS) is 10.7. The van der Waals surface area contributed by atoms with Crippen molar-refractivity contribution < 1.29 is 4.79 Å². The van der Waals surface area contributed by atoms with Crippen molar-refractivity contribution in [1.29, 1.82) is 0 Å². The van der Waals surface area contributed by atoms with Gasteiger partial charge < -0.3 is 5.32 Å². The summed E-state index contributed by atoms with van der Waals surface area (Å²) in [7, 11) is 0. The van der Waals surface area contributed by atoms with Gasteiger partial charge in [-0.3, -0.25) is 14.3 Å². The van der Waals surface area contributed by atoms with E-state index in [0.29, 0.717) is 17.9 Å². The van der Waals surface area contributed by atoms with Crippen molar-refractivity contribution >= 4 is 11.6 Å². The molecule has 0 saturated carbocycles. The maximum absolute atomic E-state index is 12.8. The fourth-order valence-corrected chi connectivity index (χ4v) is 3.05. The summed E-state index contributed by atoms with van der Waals surface area (Å²) < 4.78 is 3.38. The third-order valence-corrected chi connectivity index (χ3v) is 4.41. The van der Waals surface area contributed by atoms with E-state index < -0.39 is 11.3 Å². The van der Waals surface area contributed by atoms with Gasteiger partial charge in [-0.15, -0.1) is 0 Å². The van der Waals surface area contributed by atoms with Crippen molar-refractivity contribution in [2.24, 2.45) is 0 Å². The predicted octanol–water partition coefficient (Wildman–Crippen LogP) is 3.04. The summed E-state index contributed by atoms with van der Waals surface area (Å²) in [5, 5.41) is 11.3. The van der Waals surface area contributed by atoms with Crippen LogP contribution in [-0.4, -0.2) is 25.5 Å². The van der Waals surface area contributed by atoms with Gasteiger partial charge in [-0.25, -0.2) is 4.68 Å². The van der Waals surface area contributed by atoms with Gasteiger partial charge in [0.05, 0.1) is 12.2 Å². The quantitative estimate of drug-likeness (QED) is 0.572. The van der Waals surface area contributed by atoms with Gasteiger partial charge in [-0.05, 0) is 42.8 Å². The SMILES string of the molecule is Cc1cc(=O)c(C(=O)Nc2cccc(Cn3cccn3)c2)nn1-c1ccccc1. The largest absolute Gasteiger partial charge is 0.320 e. The zero-order chi connectivity index (χ0) is 20.2. The molecule has 1 N–H and O–H groups in total. The van der Waals surface area contributed by atoms with Crippen molar-refractivity contribution in [3.05, 3.63) is 106 Å². The van der Waals surface area contributed by atoms with Crippen LogP contribution in [0.25, 0.3) is 5.69 Å². The molecule has 0 radical (unpaired) electrons. The molecule has 4 rings (SSSR count). The van der Waals surface area contributed by atoms with Crippen LogP contribution in [0, 0.1) is 6.92 Å². The maximum Gasteiger partial charge on any atom is 0.280 e. The number of benzene rings is 2. The first kappa shape index (κ1) is 18.4. The van der Waals surface area contributed by atoms with Crippen molar-refractivity contribution in [3.8, 4) is 5.69 Å². The van der Waals surface area contributed by atoms with Crippen molar-refractivity contribution in [3.63, 3.8) is 0 Å². The number of carbonyl (C=O) groups is 1. The van der Waals surface area contributed by atoms with Crippen molar-refractivity contribution in [1.82, 2.24) is 19.6 Å². The van der Waals surface area contributed by atoms with Crippen LogP contribution in [0.2, 0.25) is 0 Å². The molecule has 2 aromatic heterocycles. The summed E-state index contributed by atoms with van der Waals surface area (Å²) in [5.41, 5.74) is 2.42. The minimum Gasteiger partial charge on any atom is -0.320 e. The predicted molar refractivity (Wildman–Crippen MR) is 110 cm³/mol. The van der Waals surface area contributed by atoms with Crippen LogP contribution in [-0.2, 0) is 6.54 Å². The molecule has 2 aromatic carbocycles. The Morgan fingerprint density at radius 3 is 2.62 bits per heavy atom. The van der Waals surface area contributed by atoms with Gasteiger partial charge in [0.2, 0.25) is 5.43 Å². The Morgan fingerprint density at radius 1 is 1.03 bits per heavy atom. The zero-order valence-electron chi connectivity index (χ0n) is 15.8. The van der Waals surface area contributed by atoms with E-state index in [1.807, 2.05) is 60.8 Å². The highest BCUT2D eigenvalue weighted by molar-refractivity contribution is 6.02. The minimum absolute atomic E-state index is 0.156. The molecular weight excluding hydrogens is 366 g/mol. The number of hydrogen-bond donors (Lipinski definition) is 1. The molecule has 144 valence electrons. The first-order valence-corrected chi connectivity index (χ1v) is 9.14. The number of hydrogen-bond acceptors (Lipinski definition) is 4. The Bertz CT molecular complexity index is 1200. The molecule has 0 aliphatic carbocycles. The number of aryl methyl sites for hydroxylation is 1.